The number of hydrogen-bond donors (Lipinski definition) is 1. The molecule has 1 N–H and O–H groups in total. The van der Waals surface area contributed by atoms with Crippen LogP contribution in [0.3, 0.4) is 0 Å². The lowest BCUT2D eigenvalue weighted by molar-refractivity contribution is 0.0359. The van der Waals surface area contributed by atoms with Gasteiger partial charge in [-0.2, -0.15) is 0 Å². The molecule has 0 aliphatic heterocycles. The molecule has 258 valence electrons. The number of ether oxygens (including phenoxy) is 2. The largest absolute Gasteiger partial charge is 0.487 e. The highest BCUT2D eigenvalue weighted by molar-refractivity contribution is 7.90. The summed E-state index contributed by atoms with van der Waals surface area (Å²) in [6.45, 7) is 2.13. The normalized spacial score (nSPS) is 11.8. The number of carbonyl (C=O) groups excluding carboxylic acids is 1. The van der Waals surface area contributed by atoms with E-state index in [-0.39, 0.29) is 31.3 Å². The summed E-state index contributed by atoms with van der Waals surface area (Å²) in [5.41, 5.74) is 2.66. The Kier molecular flexibility index (Phi) is 11.2. The molecule has 0 spiro atoms. The number of fused-ring (bicyclic) bond motifs is 1. The number of amides is 1. The van der Waals surface area contributed by atoms with Crippen LogP contribution in [0.2, 0.25) is 5.02 Å². The number of aromatic nitrogens is 2. The topological polar surface area (TPSA) is 150 Å². The second kappa shape index (κ2) is 15.4. The van der Waals surface area contributed by atoms with Gasteiger partial charge in [-0.1, -0.05) is 23.7 Å². The highest BCUT2D eigenvalue weighted by Gasteiger charge is 2.21. The standard InChI is InChI=1S/C33H33ClFN4O8PS/c1-48(2,41)46-21-45-33(40)39(13-14-49(3,42)43)18-26-9-12-30(47-26)23-7-10-29-27(16-23)32(37-20-36-29)38-25-8-11-31(28(34)17-25)44-19-22-5-4-6-24(35)15-22/h4-12,15-17,20H,13-14,18-19,21H2,1-3H3,(H,36,37,38). The fourth-order valence-electron chi connectivity index (χ4n) is 4.54. The number of hydrogen-bond acceptors (Lipinski definition) is 11. The molecule has 5 aromatic rings. The van der Waals surface area contributed by atoms with Gasteiger partial charge < -0.3 is 19.2 Å². The molecule has 0 atom stereocenters. The Labute approximate surface area is 287 Å². The molecule has 0 aliphatic carbocycles. The van der Waals surface area contributed by atoms with E-state index in [9.17, 15) is 22.2 Å². The number of halogens is 2. The number of nitrogens with one attached hydrogen (secondary N) is 1. The summed E-state index contributed by atoms with van der Waals surface area (Å²) >= 11 is 6.50. The fraction of sp³-hybridized carbons (Fsp3) is 0.242. The molecule has 0 unspecified atom stereocenters. The third kappa shape index (κ3) is 10.5. The number of carbonyl (C=O) groups is 1. The molecule has 0 saturated heterocycles. The lowest BCUT2D eigenvalue weighted by Gasteiger charge is -2.21. The van der Waals surface area contributed by atoms with Crippen LogP contribution >= 0.6 is 19.0 Å². The molecule has 12 nitrogen and oxygen atoms in total. The molecule has 0 fully saturated rings. The molecule has 16 heteroatoms. The van der Waals surface area contributed by atoms with Gasteiger partial charge in [0.1, 0.15) is 51.7 Å². The van der Waals surface area contributed by atoms with E-state index in [1.165, 1.54) is 36.7 Å². The predicted octanol–water partition coefficient (Wildman–Crippen LogP) is 7.50. The van der Waals surface area contributed by atoms with E-state index in [1.807, 2.05) is 18.2 Å². The van der Waals surface area contributed by atoms with Gasteiger partial charge in [-0.3, -0.25) is 14.0 Å². The Morgan fingerprint density at radius 1 is 1.06 bits per heavy atom. The third-order valence-corrected chi connectivity index (χ3v) is 8.89. The SMILES string of the molecule is CP(C)(=O)OCOC(=O)N(CCS(C)(=O)=O)Cc1ccc(-c2ccc3ncnc(Nc4ccc(OCc5cccc(F)c5)c(Cl)c4)c3c2)o1. The van der Waals surface area contributed by atoms with E-state index in [0.29, 0.717) is 55.8 Å². The summed E-state index contributed by atoms with van der Waals surface area (Å²) in [6, 6.07) is 20.2. The van der Waals surface area contributed by atoms with Crippen LogP contribution in [0.15, 0.2) is 83.5 Å². The predicted molar refractivity (Wildman–Crippen MR) is 185 cm³/mol. The molecule has 0 saturated carbocycles. The number of anilines is 2. The van der Waals surface area contributed by atoms with Gasteiger partial charge >= 0.3 is 6.09 Å². The Morgan fingerprint density at radius 3 is 2.61 bits per heavy atom. The zero-order valence-corrected chi connectivity index (χ0v) is 29.2. The molecule has 5 rings (SSSR count). The Morgan fingerprint density at radius 2 is 1.88 bits per heavy atom. The first kappa shape index (κ1) is 35.8. The third-order valence-electron chi connectivity index (χ3n) is 6.94. The van der Waals surface area contributed by atoms with E-state index in [2.05, 4.69) is 15.3 Å². The first-order valence-electron chi connectivity index (χ1n) is 14.8. The van der Waals surface area contributed by atoms with Crippen molar-refractivity contribution in [3.8, 4) is 17.1 Å². The summed E-state index contributed by atoms with van der Waals surface area (Å²) < 4.78 is 70.9. The van der Waals surface area contributed by atoms with Crippen LogP contribution in [0.4, 0.5) is 20.7 Å². The van der Waals surface area contributed by atoms with Crippen molar-refractivity contribution < 1.29 is 40.6 Å². The zero-order chi connectivity index (χ0) is 35.2. The Bertz CT molecular complexity index is 2130. The maximum Gasteiger partial charge on any atom is 0.412 e. The van der Waals surface area contributed by atoms with Gasteiger partial charge in [-0.05, 0) is 66.2 Å². The molecule has 0 radical (unpaired) electrons. The second-order valence-corrected chi connectivity index (χ2v) is 16.8. The molecule has 3 aromatic carbocycles. The summed E-state index contributed by atoms with van der Waals surface area (Å²) in [5.74, 6) is 1.14. The van der Waals surface area contributed by atoms with Crippen LogP contribution in [0.25, 0.3) is 22.2 Å². The van der Waals surface area contributed by atoms with Crippen LogP contribution in [0.1, 0.15) is 11.3 Å². The molecule has 1 amide bonds. The van der Waals surface area contributed by atoms with E-state index in [1.54, 1.807) is 42.5 Å². The number of furan rings is 1. The smallest absolute Gasteiger partial charge is 0.412 e. The first-order valence-corrected chi connectivity index (χ1v) is 19.7. The van der Waals surface area contributed by atoms with Gasteiger partial charge in [0.25, 0.3) is 0 Å². The lowest BCUT2D eigenvalue weighted by Crippen LogP contribution is -2.35. The van der Waals surface area contributed by atoms with Crippen molar-refractivity contribution >= 4 is 57.3 Å². The van der Waals surface area contributed by atoms with Crippen LogP contribution in [0.5, 0.6) is 5.75 Å². The van der Waals surface area contributed by atoms with Crippen LogP contribution in [0, 0.1) is 5.82 Å². The van der Waals surface area contributed by atoms with Crippen molar-refractivity contribution in [1.29, 1.82) is 0 Å². The van der Waals surface area contributed by atoms with Gasteiger partial charge in [0.2, 0.25) is 6.79 Å². The summed E-state index contributed by atoms with van der Waals surface area (Å²) in [6.07, 6.45) is 1.65. The van der Waals surface area contributed by atoms with Crippen molar-refractivity contribution in [2.45, 2.75) is 13.2 Å². The van der Waals surface area contributed by atoms with Crippen LogP contribution < -0.4 is 10.1 Å². The van der Waals surface area contributed by atoms with Crippen molar-refractivity contribution in [1.82, 2.24) is 14.9 Å². The van der Waals surface area contributed by atoms with Gasteiger partial charge in [0.05, 0.1) is 22.8 Å². The fourth-order valence-corrected chi connectivity index (χ4v) is 5.64. The van der Waals surface area contributed by atoms with Crippen molar-refractivity contribution in [2.75, 3.05) is 44.0 Å². The summed E-state index contributed by atoms with van der Waals surface area (Å²) in [7, 11) is -6.29. The number of rotatable bonds is 14. The van der Waals surface area contributed by atoms with E-state index >= 15 is 0 Å². The van der Waals surface area contributed by atoms with E-state index in [0.717, 1.165) is 6.26 Å². The lowest BCUT2D eigenvalue weighted by atomic mass is 10.1. The van der Waals surface area contributed by atoms with Gasteiger partial charge in [0, 0.05) is 42.8 Å². The van der Waals surface area contributed by atoms with Crippen LogP contribution in [-0.2, 0) is 36.8 Å². The van der Waals surface area contributed by atoms with Crippen molar-refractivity contribution in [3.05, 3.63) is 101 Å². The molecule has 2 aromatic heterocycles. The number of nitrogens with zero attached hydrogens (tertiary/aromatic N) is 3. The molecular formula is C33H33ClFN4O8PS. The highest BCUT2D eigenvalue weighted by atomic mass is 35.5. The van der Waals surface area contributed by atoms with E-state index < -0.39 is 30.1 Å². The van der Waals surface area contributed by atoms with Gasteiger partial charge in [0.15, 0.2) is 7.37 Å². The highest BCUT2D eigenvalue weighted by Crippen LogP contribution is 2.37. The summed E-state index contributed by atoms with van der Waals surface area (Å²) in [5, 5.41) is 4.30. The Hall–Kier alpha value is -4.49. The quantitative estimate of drug-likeness (QED) is 0.0894. The average molecular weight is 731 g/mol. The molecular weight excluding hydrogens is 698 g/mol. The minimum absolute atomic E-state index is 0.0868. The molecule has 0 aliphatic rings. The number of benzene rings is 3. The molecule has 49 heavy (non-hydrogen) atoms. The Balaban J connectivity index is 1.31. The molecule has 2 heterocycles. The number of sulfone groups is 1. The monoisotopic (exact) mass is 730 g/mol. The minimum atomic E-state index is -3.39. The first-order chi connectivity index (χ1) is 23.2. The average Bonchev–Trinajstić information content (AvgIpc) is 3.50. The van der Waals surface area contributed by atoms with Crippen molar-refractivity contribution in [2.24, 2.45) is 0 Å². The van der Waals surface area contributed by atoms with Crippen molar-refractivity contribution in [3.63, 3.8) is 0 Å². The maximum atomic E-state index is 13.5. The maximum absolute atomic E-state index is 13.5. The van der Waals surface area contributed by atoms with Gasteiger partial charge in [-0.25, -0.2) is 27.6 Å². The molecule has 0 bridgehead atoms. The second-order valence-electron chi connectivity index (χ2n) is 11.4. The van der Waals surface area contributed by atoms with Gasteiger partial charge in [-0.15, -0.1) is 0 Å². The minimum Gasteiger partial charge on any atom is -0.487 e. The summed E-state index contributed by atoms with van der Waals surface area (Å²) in [4.78, 5) is 22.7. The van der Waals surface area contributed by atoms with Crippen LogP contribution in [-0.4, -0.2) is 68.1 Å². The zero-order valence-electron chi connectivity index (χ0n) is 26.8. The van der Waals surface area contributed by atoms with E-state index in [4.69, 9.17) is 30.0 Å².